The first-order chi connectivity index (χ1) is 8.01. The van der Waals surface area contributed by atoms with Crippen LogP contribution in [0.2, 0.25) is 5.02 Å². The van der Waals surface area contributed by atoms with Gasteiger partial charge in [0.15, 0.2) is 9.84 Å². The summed E-state index contributed by atoms with van der Waals surface area (Å²) in [7, 11) is -1.76. The van der Waals surface area contributed by atoms with Gasteiger partial charge in [0, 0.05) is 12.6 Å². The van der Waals surface area contributed by atoms with Crippen LogP contribution in [0, 0.1) is 0 Å². The maximum Gasteiger partial charge on any atom is 0.181 e. The van der Waals surface area contributed by atoms with Crippen LogP contribution in [0.1, 0.15) is 6.42 Å². The number of aliphatic hydroxyl groups is 1. The van der Waals surface area contributed by atoms with E-state index in [1.807, 2.05) is 0 Å². The summed E-state index contributed by atoms with van der Waals surface area (Å²) in [5.41, 5.74) is 0. The van der Waals surface area contributed by atoms with Crippen molar-refractivity contribution in [2.24, 2.45) is 0 Å². The number of nitrogens with one attached hydrogen (secondary N) is 1. The zero-order valence-corrected chi connectivity index (χ0v) is 11.1. The van der Waals surface area contributed by atoms with Crippen molar-refractivity contribution in [1.82, 2.24) is 5.32 Å². The van der Waals surface area contributed by atoms with E-state index in [0.29, 0.717) is 6.42 Å². The standard InChI is InChI=1S/C11H16ClNO3S/c1-13-9(6-7-14)8-17(15,16)11-5-3-2-4-10(11)12/h2-5,9,13-14H,6-8H2,1H3. The highest BCUT2D eigenvalue weighted by Gasteiger charge is 2.22. The van der Waals surface area contributed by atoms with Crippen molar-refractivity contribution in [2.45, 2.75) is 17.4 Å². The maximum absolute atomic E-state index is 12.1. The molecule has 0 fully saturated rings. The average Bonchev–Trinajstić information content (AvgIpc) is 2.28. The van der Waals surface area contributed by atoms with Gasteiger partial charge in [-0.25, -0.2) is 8.42 Å². The van der Waals surface area contributed by atoms with Gasteiger partial charge in [0.2, 0.25) is 0 Å². The van der Waals surface area contributed by atoms with Crippen molar-refractivity contribution in [3.63, 3.8) is 0 Å². The van der Waals surface area contributed by atoms with E-state index in [4.69, 9.17) is 16.7 Å². The number of benzene rings is 1. The van der Waals surface area contributed by atoms with E-state index in [9.17, 15) is 8.42 Å². The van der Waals surface area contributed by atoms with Crippen molar-refractivity contribution in [3.8, 4) is 0 Å². The number of halogens is 1. The topological polar surface area (TPSA) is 66.4 Å². The van der Waals surface area contributed by atoms with Gasteiger partial charge in [-0.2, -0.15) is 0 Å². The van der Waals surface area contributed by atoms with Gasteiger partial charge in [0.1, 0.15) is 0 Å². The molecule has 0 bridgehead atoms. The van der Waals surface area contributed by atoms with Gasteiger partial charge in [0.25, 0.3) is 0 Å². The lowest BCUT2D eigenvalue weighted by Crippen LogP contribution is -2.34. The second-order valence-corrected chi connectivity index (χ2v) is 6.12. The number of hydrogen-bond donors (Lipinski definition) is 2. The third-order valence-corrected chi connectivity index (χ3v) is 4.79. The van der Waals surface area contributed by atoms with Crippen LogP contribution in [0.4, 0.5) is 0 Å². The molecule has 0 aliphatic carbocycles. The van der Waals surface area contributed by atoms with Crippen LogP contribution < -0.4 is 5.32 Å². The minimum absolute atomic E-state index is 0.0520. The molecular weight excluding hydrogens is 262 g/mol. The molecule has 6 heteroatoms. The molecule has 4 nitrogen and oxygen atoms in total. The van der Waals surface area contributed by atoms with Gasteiger partial charge in [-0.15, -0.1) is 0 Å². The summed E-state index contributed by atoms with van der Waals surface area (Å²) in [6.45, 7) is -0.0520. The molecular formula is C11H16ClNO3S. The number of rotatable bonds is 6. The maximum atomic E-state index is 12.1. The second-order valence-electron chi connectivity index (χ2n) is 3.71. The SMILES string of the molecule is CNC(CCO)CS(=O)(=O)c1ccccc1Cl. The van der Waals surface area contributed by atoms with E-state index in [2.05, 4.69) is 5.32 Å². The van der Waals surface area contributed by atoms with Crippen LogP contribution in [-0.2, 0) is 9.84 Å². The Bertz CT molecular complexity index is 462. The fraction of sp³-hybridized carbons (Fsp3) is 0.455. The quantitative estimate of drug-likeness (QED) is 0.817. The lowest BCUT2D eigenvalue weighted by molar-refractivity contribution is 0.272. The van der Waals surface area contributed by atoms with Gasteiger partial charge in [-0.3, -0.25) is 0 Å². The van der Waals surface area contributed by atoms with Crippen molar-refractivity contribution in [3.05, 3.63) is 29.3 Å². The molecule has 0 amide bonds. The Morgan fingerprint density at radius 3 is 2.59 bits per heavy atom. The molecule has 0 heterocycles. The summed E-state index contributed by atoms with van der Waals surface area (Å²) in [6, 6.07) is 6.09. The second kappa shape index (κ2) is 6.35. The van der Waals surface area contributed by atoms with Crippen molar-refractivity contribution in [1.29, 1.82) is 0 Å². The van der Waals surface area contributed by atoms with Gasteiger partial charge in [-0.05, 0) is 25.6 Å². The molecule has 1 unspecified atom stereocenters. The van der Waals surface area contributed by atoms with E-state index in [1.54, 1.807) is 25.2 Å². The highest BCUT2D eigenvalue weighted by Crippen LogP contribution is 2.22. The Labute approximate surface area is 107 Å². The molecule has 1 aromatic carbocycles. The van der Waals surface area contributed by atoms with Gasteiger partial charge >= 0.3 is 0 Å². The fourth-order valence-electron chi connectivity index (χ4n) is 1.52. The van der Waals surface area contributed by atoms with E-state index in [-0.39, 0.29) is 28.3 Å². The number of hydrogen-bond acceptors (Lipinski definition) is 4. The monoisotopic (exact) mass is 277 g/mol. The summed E-state index contributed by atoms with van der Waals surface area (Å²) in [5, 5.41) is 11.9. The molecule has 0 aromatic heterocycles. The summed E-state index contributed by atoms with van der Waals surface area (Å²) < 4.78 is 24.2. The Morgan fingerprint density at radius 2 is 2.06 bits per heavy atom. The molecule has 17 heavy (non-hydrogen) atoms. The molecule has 0 spiro atoms. The zero-order chi connectivity index (χ0) is 12.9. The number of sulfone groups is 1. The summed E-state index contributed by atoms with van der Waals surface area (Å²) in [4.78, 5) is 0.139. The first-order valence-electron chi connectivity index (χ1n) is 5.26. The van der Waals surface area contributed by atoms with Crippen molar-refractivity contribution in [2.75, 3.05) is 19.4 Å². The summed E-state index contributed by atoms with van der Waals surface area (Å²) >= 11 is 5.86. The van der Waals surface area contributed by atoms with Crippen LogP contribution in [0.25, 0.3) is 0 Å². The van der Waals surface area contributed by atoms with Gasteiger partial charge < -0.3 is 10.4 Å². The largest absolute Gasteiger partial charge is 0.396 e. The van der Waals surface area contributed by atoms with Gasteiger partial charge in [-0.1, -0.05) is 23.7 Å². The Hall–Kier alpha value is -0.620. The summed E-state index contributed by atoms with van der Waals surface area (Å²) in [5.74, 6) is -0.0756. The third kappa shape index (κ3) is 3.96. The first kappa shape index (κ1) is 14.4. The highest BCUT2D eigenvalue weighted by molar-refractivity contribution is 7.91. The highest BCUT2D eigenvalue weighted by atomic mass is 35.5. The number of aliphatic hydroxyl groups excluding tert-OH is 1. The third-order valence-electron chi connectivity index (χ3n) is 2.48. The first-order valence-corrected chi connectivity index (χ1v) is 7.29. The minimum atomic E-state index is -3.43. The lowest BCUT2D eigenvalue weighted by atomic mass is 10.2. The van der Waals surface area contributed by atoms with Crippen LogP contribution in [0.3, 0.4) is 0 Å². The molecule has 0 saturated heterocycles. The van der Waals surface area contributed by atoms with E-state index in [0.717, 1.165) is 0 Å². The smallest absolute Gasteiger partial charge is 0.181 e. The summed E-state index contributed by atoms with van der Waals surface area (Å²) in [6.07, 6.45) is 0.389. The lowest BCUT2D eigenvalue weighted by Gasteiger charge is -2.15. The van der Waals surface area contributed by atoms with E-state index in [1.165, 1.54) is 6.07 Å². The molecule has 96 valence electrons. The van der Waals surface area contributed by atoms with E-state index < -0.39 is 9.84 Å². The normalized spacial score (nSPS) is 13.6. The molecule has 0 saturated carbocycles. The Balaban J connectivity index is 2.92. The molecule has 0 aliphatic heterocycles. The van der Waals surface area contributed by atoms with Crippen molar-refractivity contribution < 1.29 is 13.5 Å². The fourth-order valence-corrected chi connectivity index (χ4v) is 3.70. The van der Waals surface area contributed by atoms with Crippen LogP contribution in [0.15, 0.2) is 29.2 Å². The molecule has 1 atom stereocenters. The van der Waals surface area contributed by atoms with Crippen LogP contribution >= 0.6 is 11.6 Å². The molecule has 1 aromatic rings. The molecule has 0 aliphatic rings. The average molecular weight is 278 g/mol. The predicted octanol–water partition coefficient (Wildman–Crippen LogP) is 1.08. The van der Waals surface area contributed by atoms with Crippen LogP contribution in [0.5, 0.6) is 0 Å². The van der Waals surface area contributed by atoms with Gasteiger partial charge in [0.05, 0.1) is 15.7 Å². The molecule has 1 rings (SSSR count). The molecule has 0 radical (unpaired) electrons. The Morgan fingerprint density at radius 1 is 1.41 bits per heavy atom. The Kier molecular flexibility index (Phi) is 5.39. The van der Waals surface area contributed by atoms with Crippen LogP contribution in [-0.4, -0.2) is 39.0 Å². The van der Waals surface area contributed by atoms with E-state index >= 15 is 0 Å². The zero-order valence-electron chi connectivity index (χ0n) is 9.56. The minimum Gasteiger partial charge on any atom is -0.396 e. The van der Waals surface area contributed by atoms with Crippen molar-refractivity contribution >= 4 is 21.4 Å². The predicted molar refractivity (Wildman–Crippen MR) is 68.1 cm³/mol. The molecule has 2 N–H and O–H groups in total.